The summed E-state index contributed by atoms with van der Waals surface area (Å²) in [6, 6.07) is 9.68. The number of rotatable bonds is 3. The zero-order valence-electron chi connectivity index (χ0n) is 8.56. The van der Waals surface area contributed by atoms with Crippen LogP contribution >= 0.6 is 0 Å². The first-order chi connectivity index (χ1) is 7.27. The highest BCUT2D eigenvalue weighted by Crippen LogP contribution is 2.26. The van der Waals surface area contributed by atoms with E-state index in [-0.39, 0.29) is 17.9 Å². The van der Waals surface area contributed by atoms with E-state index < -0.39 is 0 Å². The molecule has 0 heterocycles. The van der Waals surface area contributed by atoms with Gasteiger partial charge in [0.05, 0.1) is 5.92 Å². The van der Waals surface area contributed by atoms with E-state index in [4.69, 9.17) is 10.5 Å². The average molecular weight is 205 g/mol. The number of nitrogens with two attached hydrogens (primary N) is 1. The average Bonchev–Trinajstić information content (AvgIpc) is 2.26. The second-order valence-corrected chi connectivity index (χ2v) is 3.94. The molecule has 2 N–H and O–H groups in total. The number of carbonyl (C=O) groups is 1. The number of hydrogen-bond acceptors (Lipinski definition) is 3. The number of benzene rings is 1. The minimum absolute atomic E-state index is 0.00766. The van der Waals surface area contributed by atoms with Crippen LogP contribution in [0.5, 0.6) is 0 Å². The van der Waals surface area contributed by atoms with E-state index in [1.54, 1.807) is 0 Å². The molecule has 0 aliphatic heterocycles. The van der Waals surface area contributed by atoms with Crippen molar-refractivity contribution in [2.45, 2.75) is 25.5 Å². The Kier molecular flexibility index (Phi) is 3.02. The van der Waals surface area contributed by atoms with Crippen LogP contribution in [-0.2, 0) is 16.1 Å². The van der Waals surface area contributed by atoms with Crippen molar-refractivity contribution in [2.75, 3.05) is 0 Å². The Morgan fingerprint density at radius 2 is 2.07 bits per heavy atom. The summed E-state index contributed by atoms with van der Waals surface area (Å²) >= 11 is 0. The highest BCUT2D eigenvalue weighted by molar-refractivity contribution is 5.74. The maximum absolute atomic E-state index is 11.5. The van der Waals surface area contributed by atoms with Crippen molar-refractivity contribution >= 4 is 5.97 Å². The Hall–Kier alpha value is -1.35. The van der Waals surface area contributed by atoms with Gasteiger partial charge < -0.3 is 10.5 Å². The fraction of sp³-hybridized carbons (Fsp3) is 0.417. The zero-order chi connectivity index (χ0) is 10.7. The van der Waals surface area contributed by atoms with E-state index in [2.05, 4.69) is 0 Å². The molecular weight excluding hydrogens is 190 g/mol. The lowest BCUT2D eigenvalue weighted by molar-refractivity contribution is -0.153. The Labute approximate surface area is 89.2 Å². The topological polar surface area (TPSA) is 52.3 Å². The third-order valence-electron chi connectivity index (χ3n) is 2.85. The molecule has 1 aromatic carbocycles. The molecule has 15 heavy (non-hydrogen) atoms. The Morgan fingerprint density at radius 1 is 1.33 bits per heavy atom. The molecule has 0 aromatic heterocycles. The van der Waals surface area contributed by atoms with Crippen LogP contribution in [0.1, 0.15) is 18.4 Å². The first-order valence-electron chi connectivity index (χ1n) is 5.23. The summed E-state index contributed by atoms with van der Waals surface area (Å²) < 4.78 is 5.18. The van der Waals surface area contributed by atoms with Crippen molar-refractivity contribution in [1.82, 2.24) is 0 Å². The molecule has 0 bridgehead atoms. The molecule has 1 fully saturated rings. The van der Waals surface area contributed by atoms with Gasteiger partial charge in [0.2, 0.25) is 0 Å². The summed E-state index contributed by atoms with van der Waals surface area (Å²) in [6.45, 7) is 0.350. The van der Waals surface area contributed by atoms with E-state index in [0.29, 0.717) is 6.61 Å². The first kappa shape index (κ1) is 10.2. The third-order valence-corrected chi connectivity index (χ3v) is 2.85. The Morgan fingerprint density at radius 3 is 2.60 bits per heavy atom. The second kappa shape index (κ2) is 4.45. The molecule has 3 heteroatoms. The van der Waals surface area contributed by atoms with E-state index in [1.807, 2.05) is 30.3 Å². The highest BCUT2D eigenvalue weighted by Gasteiger charge is 2.34. The van der Waals surface area contributed by atoms with Crippen molar-refractivity contribution in [3.63, 3.8) is 0 Å². The molecule has 0 unspecified atom stereocenters. The molecule has 0 radical (unpaired) electrons. The molecule has 0 amide bonds. The second-order valence-electron chi connectivity index (χ2n) is 3.94. The van der Waals surface area contributed by atoms with Gasteiger partial charge in [-0.15, -0.1) is 0 Å². The number of hydrogen-bond donors (Lipinski definition) is 1. The third kappa shape index (κ3) is 2.36. The van der Waals surface area contributed by atoms with Crippen LogP contribution in [0.25, 0.3) is 0 Å². The molecule has 3 nitrogen and oxygen atoms in total. The predicted molar refractivity (Wildman–Crippen MR) is 56.9 cm³/mol. The molecule has 1 aliphatic carbocycles. The molecule has 1 saturated carbocycles. The normalized spacial score (nSPS) is 24.3. The summed E-state index contributed by atoms with van der Waals surface area (Å²) in [5, 5.41) is 0. The summed E-state index contributed by atoms with van der Waals surface area (Å²) in [4.78, 5) is 11.5. The van der Waals surface area contributed by atoms with Gasteiger partial charge in [-0.3, -0.25) is 4.79 Å². The molecular formula is C12H15NO2. The van der Waals surface area contributed by atoms with E-state index in [9.17, 15) is 4.79 Å². The van der Waals surface area contributed by atoms with E-state index in [1.165, 1.54) is 0 Å². The van der Waals surface area contributed by atoms with Crippen LogP contribution in [0.4, 0.5) is 0 Å². The smallest absolute Gasteiger partial charge is 0.310 e. The number of esters is 1. The van der Waals surface area contributed by atoms with Gasteiger partial charge in [-0.1, -0.05) is 30.3 Å². The maximum Gasteiger partial charge on any atom is 0.310 e. The van der Waals surface area contributed by atoms with Crippen LogP contribution in [0.2, 0.25) is 0 Å². The van der Waals surface area contributed by atoms with Crippen LogP contribution in [0.3, 0.4) is 0 Å². The monoisotopic (exact) mass is 205 g/mol. The standard InChI is InChI=1S/C12H15NO2/c13-11-7-6-10(11)12(14)15-8-9-4-2-1-3-5-9/h1-5,10-11H,6-8,13H2/t10-,11+/m1/s1. The van der Waals surface area contributed by atoms with Gasteiger partial charge in [0.25, 0.3) is 0 Å². The van der Waals surface area contributed by atoms with Crippen LogP contribution in [-0.4, -0.2) is 12.0 Å². The van der Waals surface area contributed by atoms with Crippen molar-refractivity contribution in [2.24, 2.45) is 11.7 Å². The van der Waals surface area contributed by atoms with Crippen molar-refractivity contribution in [1.29, 1.82) is 0 Å². The lowest BCUT2D eigenvalue weighted by Gasteiger charge is -2.31. The highest BCUT2D eigenvalue weighted by atomic mass is 16.5. The van der Waals surface area contributed by atoms with E-state index in [0.717, 1.165) is 18.4 Å². The van der Waals surface area contributed by atoms with Crippen LogP contribution < -0.4 is 5.73 Å². The fourth-order valence-electron chi connectivity index (χ4n) is 1.65. The lowest BCUT2D eigenvalue weighted by Crippen LogP contribution is -2.44. The minimum Gasteiger partial charge on any atom is -0.461 e. The number of ether oxygens (including phenoxy) is 1. The maximum atomic E-state index is 11.5. The Balaban J connectivity index is 1.81. The largest absolute Gasteiger partial charge is 0.461 e. The van der Waals surface area contributed by atoms with E-state index >= 15 is 0 Å². The van der Waals surface area contributed by atoms with Gasteiger partial charge in [-0.25, -0.2) is 0 Å². The summed E-state index contributed by atoms with van der Waals surface area (Å²) in [5.74, 6) is -0.230. The molecule has 0 saturated heterocycles. The van der Waals surface area contributed by atoms with Gasteiger partial charge >= 0.3 is 5.97 Å². The molecule has 2 rings (SSSR count). The van der Waals surface area contributed by atoms with Gasteiger partial charge in [0.1, 0.15) is 6.61 Å². The minimum atomic E-state index is -0.155. The summed E-state index contributed by atoms with van der Waals surface area (Å²) in [5.41, 5.74) is 6.70. The predicted octanol–water partition coefficient (Wildman–Crippen LogP) is 1.47. The molecule has 0 spiro atoms. The quantitative estimate of drug-likeness (QED) is 0.760. The van der Waals surface area contributed by atoms with Crippen molar-refractivity contribution in [3.05, 3.63) is 35.9 Å². The SMILES string of the molecule is N[C@H]1CC[C@H]1C(=O)OCc1ccccc1. The van der Waals surface area contributed by atoms with Gasteiger partial charge in [0, 0.05) is 6.04 Å². The first-order valence-corrected chi connectivity index (χ1v) is 5.23. The van der Waals surface area contributed by atoms with Crippen LogP contribution in [0.15, 0.2) is 30.3 Å². The van der Waals surface area contributed by atoms with Gasteiger partial charge in [-0.05, 0) is 18.4 Å². The molecule has 2 atom stereocenters. The molecule has 1 aromatic rings. The van der Waals surface area contributed by atoms with Gasteiger partial charge in [0.15, 0.2) is 0 Å². The molecule has 80 valence electrons. The fourth-order valence-corrected chi connectivity index (χ4v) is 1.65. The zero-order valence-corrected chi connectivity index (χ0v) is 8.56. The molecule has 1 aliphatic rings. The number of carbonyl (C=O) groups excluding carboxylic acids is 1. The Bertz CT molecular complexity index is 337. The van der Waals surface area contributed by atoms with Crippen molar-refractivity contribution in [3.8, 4) is 0 Å². The van der Waals surface area contributed by atoms with Crippen molar-refractivity contribution < 1.29 is 9.53 Å². The van der Waals surface area contributed by atoms with Gasteiger partial charge in [-0.2, -0.15) is 0 Å². The lowest BCUT2D eigenvalue weighted by atomic mass is 9.80. The summed E-state index contributed by atoms with van der Waals surface area (Å²) in [7, 11) is 0. The summed E-state index contributed by atoms with van der Waals surface area (Å²) in [6.07, 6.45) is 1.81. The van der Waals surface area contributed by atoms with Crippen LogP contribution in [0, 0.1) is 5.92 Å².